The molecule has 1 fully saturated rings. The second kappa shape index (κ2) is 8.24. The van der Waals surface area contributed by atoms with E-state index in [1.54, 1.807) is 0 Å². The van der Waals surface area contributed by atoms with Gasteiger partial charge in [0.15, 0.2) is 0 Å². The number of aryl methyl sites for hydroxylation is 1. The normalized spacial score (nSPS) is 23.8. The van der Waals surface area contributed by atoms with Crippen molar-refractivity contribution in [2.75, 3.05) is 26.7 Å². The molecule has 3 heteroatoms. The van der Waals surface area contributed by atoms with Crippen LogP contribution in [0.25, 0.3) is 0 Å². The molecule has 1 aliphatic rings. The minimum atomic E-state index is 0.141. The second-order valence-electron chi connectivity index (χ2n) is 7.96. The molecule has 1 N–H and O–H groups in total. The smallest absolute Gasteiger partial charge is 0.122 e. The van der Waals surface area contributed by atoms with E-state index in [2.05, 4.69) is 86.6 Å². The molecule has 1 heterocycles. The molecule has 2 unspecified atom stereocenters. The number of rotatable bonds is 6. The zero-order chi connectivity index (χ0) is 18.6. The van der Waals surface area contributed by atoms with Gasteiger partial charge in [0.2, 0.25) is 0 Å². The van der Waals surface area contributed by atoms with E-state index < -0.39 is 0 Å². The maximum atomic E-state index is 6.26. The molecule has 2 aromatic carbocycles. The molecule has 0 bridgehead atoms. The van der Waals surface area contributed by atoms with Crippen LogP contribution in [0.2, 0.25) is 0 Å². The quantitative estimate of drug-likeness (QED) is 0.849. The van der Waals surface area contributed by atoms with Crippen LogP contribution in [-0.4, -0.2) is 43.2 Å². The fourth-order valence-electron chi connectivity index (χ4n) is 3.79. The van der Waals surface area contributed by atoms with Crippen molar-refractivity contribution < 1.29 is 4.74 Å². The van der Waals surface area contributed by atoms with Gasteiger partial charge in [0.1, 0.15) is 5.75 Å². The van der Waals surface area contributed by atoms with Crippen LogP contribution >= 0.6 is 0 Å². The van der Waals surface area contributed by atoms with Crippen LogP contribution in [0.15, 0.2) is 48.5 Å². The first kappa shape index (κ1) is 18.9. The van der Waals surface area contributed by atoms with Crippen LogP contribution in [0.5, 0.6) is 5.75 Å². The molecule has 3 rings (SSSR count). The first-order chi connectivity index (χ1) is 12.5. The summed E-state index contributed by atoms with van der Waals surface area (Å²) in [6, 6.07) is 17.7. The van der Waals surface area contributed by atoms with Crippen molar-refractivity contribution in [1.82, 2.24) is 10.2 Å². The number of hydrogen-bond donors (Lipinski definition) is 1. The number of hydrogen-bond acceptors (Lipinski definition) is 3. The Morgan fingerprint density at radius 3 is 2.73 bits per heavy atom. The summed E-state index contributed by atoms with van der Waals surface area (Å²) in [6.07, 6.45) is 1.92. The van der Waals surface area contributed by atoms with Crippen molar-refractivity contribution in [3.63, 3.8) is 0 Å². The van der Waals surface area contributed by atoms with Gasteiger partial charge in [0, 0.05) is 37.5 Å². The van der Waals surface area contributed by atoms with Crippen molar-refractivity contribution >= 4 is 0 Å². The topological polar surface area (TPSA) is 24.5 Å². The Morgan fingerprint density at radius 1 is 1.19 bits per heavy atom. The molecule has 0 saturated carbocycles. The summed E-state index contributed by atoms with van der Waals surface area (Å²) >= 11 is 0. The molecular weight excluding hydrogens is 320 g/mol. The van der Waals surface area contributed by atoms with Gasteiger partial charge in [-0.05, 0) is 45.0 Å². The van der Waals surface area contributed by atoms with Crippen molar-refractivity contribution in [3.8, 4) is 5.75 Å². The minimum Gasteiger partial charge on any atom is -0.493 e. The summed E-state index contributed by atoms with van der Waals surface area (Å²) in [4.78, 5) is 2.49. The summed E-state index contributed by atoms with van der Waals surface area (Å²) < 4.78 is 6.26. The van der Waals surface area contributed by atoms with Crippen molar-refractivity contribution in [2.45, 2.75) is 45.2 Å². The van der Waals surface area contributed by atoms with Crippen LogP contribution in [0.3, 0.4) is 0 Å². The summed E-state index contributed by atoms with van der Waals surface area (Å²) in [7, 11) is 2.23. The molecule has 1 aliphatic heterocycles. The molecule has 3 nitrogen and oxygen atoms in total. The Morgan fingerprint density at radius 2 is 1.96 bits per heavy atom. The van der Waals surface area contributed by atoms with Gasteiger partial charge >= 0.3 is 0 Å². The Labute approximate surface area is 158 Å². The molecule has 1 saturated heterocycles. The lowest BCUT2D eigenvalue weighted by Crippen LogP contribution is -2.62. The van der Waals surface area contributed by atoms with Gasteiger partial charge in [-0.3, -0.25) is 4.90 Å². The number of nitrogens with one attached hydrogen (secondary N) is 1. The van der Waals surface area contributed by atoms with Crippen molar-refractivity contribution in [3.05, 3.63) is 65.2 Å². The fraction of sp³-hybridized carbons (Fsp3) is 0.478. The predicted octanol–water partition coefficient (Wildman–Crippen LogP) is 4.04. The highest BCUT2D eigenvalue weighted by molar-refractivity contribution is 5.40. The summed E-state index contributed by atoms with van der Waals surface area (Å²) in [5.74, 6) is 1.02. The number of likely N-dealkylation sites (N-methyl/N-ethyl adjacent to an activating group) is 1. The van der Waals surface area contributed by atoms with E-state index in [0.717, 1.165) is 38.3 Å². The maximum Gasteiger partial charge on any atom is 0.122 e. The van der Waals surface area contributed by atoms with Gasteiger partial charge in [-0.2, -0.15) is 0 Å². The molecule has 0 spiro atoms. The summed E-state index contributed by atoms with van der Waals surface area (Å²) in [5.41, 5.74) is 4.01. The number of piperazine rings is 1. The van der Waals surface area contributed by atoms with Gasteiger partial charge in [-0.15, -0.1) is 0 Å². The lowest BCUT2D eigenvalue weighted by molar-refractivity contribution is 0.0416. The Bertz CT molecular complexity index is 715. The van der Waals surface area contributed by atoms with Crippen LogP contribution in [0.1, 0.15) is 37.0 Å². The highest BCUT2D eigenvalue weighted by Gasteiger charge is 2.35. The van der Waals surface area contributed by atoms with E-state index >= 15 is 0 Å². The summed E-state index contributed by atoms with van der Waals surface area (Å²) in [5, 5.41) is 3.56. The maximum absolute atomic E-state index is 6.26. The SMILES string of the molecule is Cc1ccc(OCCC2(C)CNCC(C)N2C)c(Cc2ccccc2)c1. The molecule has 26 heavy (non-hydrogen) atoms. The van der Waals surface area contributed by atoms with Crippen LogP contribution in [0.4, 0.5) is 0 Å². The highest BCUT2D eigenvalue weighted by Crippen LogP contribution is 2.26. The number of benzene rings is 2. The first-order valence-electron chi connectivity index (χ1n) is 9.68. The molecule has 140 valence electrons. The number of nitrogens with zero attached hydrogens (tertiary/aromatic N) is 1. The molecule has 2 atom stereocenters. The van der Waals surface area contributed by atoms with E-state index in [9.17, 15) is 0 Å². The molecule has 0 aromatic heterocycles. The average Bonchev–Trinajstić information content (AvgIpc) is 2.62. The Hall–Kier alpha value is -1.84. The van der Waals surface area contributed by atoms with Gasteiger partial charge in [-0.25, -0.2) is 0 Å². The third-order valence-corrected chi connectivity index (χ3v) is 5.81. The minimum absolute atomic E-state index is 0.141. The van der Waals surface area contributed by atoms with E-state index in [1.807, 2.05) is 0 Å². The van der Waals surface area contributed by atoms with Gasteiger partial charge in [-0.1, -0.05) is 48.0 Å². The second-order valence-corrected chi connectivity index (χ2v) is 7.96. The highest BCUT2D eigenvalue weighted by atomic mass is 16.5. The predicted molar refractivity (Wildman–Crippen MR) is 109 cm³/mol. The average molecular weight is 353 g/mol. The zero-order valence-corrected chi connectivity index (χ0v) is 16.6. The van der Waals surface area contributed by atoms with Crippen molar-refractivity contribution in [2.24, 2.45) is 0 Å². The number of ether oxygens (including phenoxy) is 1. The molecule has 0 radical (unpaired) electrons. The van der Waals surface area contributed by atoms with Gasteiger partial charge in [0.25, 0.3) is 0 Å². The fourth-order valence-corrected chi connectivity index (χ4v) is 3.79. The van der Waals surface area contributed by atoms with E-state index in [0.29, 0.717) is 6.04 Å². The molecule has 0 amide bonds. The Balaban J connectivity index is 1.66. The summed E-state index contributed by atoms with van der Waals surface area (Å²) in [6.45, 7) is 9.57. The monoisotopic (exact) mass is 352 g/mol. The zero-order valence-electron chi connectivity index (χ0n) is 16.6. The van der Waals surface area contributed by atoms with Crippen LogP contribution in [0, 0.1) is 6.92 Å². The largest absolute Gasteiger partial charge is 0.493 e. The van der Waals surface area contributed by atoms with Crippen molar-refractivity contribution in [1.29, 1.82) is 0 Å². The molecule has 2 aromatic rings. The Kier molecular flexibility index (Phi) is 6.00. The van der Waals surface area contributed by atoms with Gasteiger partial charge in [0.05, 0.1) is 6.61 Å². The lowest BCUT2D eigenvalue weighted by Gasteiger charge is -2.47. The van der Waals surface area contributed by atoms with Crippen LogP contribution in [-0.2, 0) is 6.42 Å². The lowest BCUT2D eigenvalue weighted by atomic mass is 9.92. The molecular formula is C23H32N2O. The van der Waals surface area contributed by atoms with E-state index in [-0.39, 0.29) is 5.54 Å². The van der Waals surface area contributed by atoms with E-state index in [4.69, 9.17) is 4.74 Å². The third-order valence-electron chi connectivity index (χ3n) is 5.81. The third kappa shape index (κ3) is 4.46. The molecule has 0 aliphatic carbocycles. The van der Waals surface area contributed by atoms with Gasteiger partial charge < -0.3 is 10.1 Å². The van der Waals surface area contributed by atoms with E-state index in [1.165, 1.54) is 16.7 Å². The first-order valence-corrected chi connectivity index (χ1v) is 9.68. The van der Waals surface area contributed by atoms with Crippen LogP contribution < -0.4 is 10.1 Å². The standard InChI is InChI=1S/C23H32N2O/c1-18-10-11-22(21(14-18)15-20-8-6-5-7-9-20)26-13-12-23(3)17-24-16-19(2)25(23)4/h5-11,14,19,24H,12-13,15-17H2,1-4H3.